The summed E-state index contributed by atoms with van der Waals surface area (Å²) in [6.07, 6.45) is 4.57. The summed E-state index contributed by atoms with van der Waals surface area (Å²) < 4.78 is 5.75. The summed E-state index contributed by atoms with van der Waals surface area (Å²) in [5.41, 5.74) is 0.905. The number of nitrogens with one attached hydrogen (secondary N) is 1. The van der Waals surface area contributed by atoms with Crippen molar-refractivity contribution in [3.8, 4) is 0 Å². The van der Waals surface area contributed by atoms with Gasteiger partial charge in [0.1, 0.15) is 0 Å². The second-order valence-corrected chi connectivity index (χ2v) is 5.14. The van der Waals surface area contributed by atoms with Crippen LogP contribution in [0.25, 0.3) is 0 Å². The molecule has 1 aliphatic rings. The molecule has 2 heterocycles. The Labute approximate surface area is 120 Å². The van der Waals surface area contributed by atoms with Gasteiger partial charge in [0.05, 0.1) is 31.4 Å². The van der Waals surface area contributed by atoms with Gasteiger partial charge in [-0.05, 0) is 38.1 Å². The van der Waals surface area contributed by atoms with Gasteiger partial charge in [-0.1, -0.05) is 6.07 Å². The third kappa shape index (κ3) is 4.90. The number of carbonyl (C=O) groups is 1. The molecular formula is C15H23N3O2. The number of piperidine rings is 1. The number of ether oxygens (including phenoxy) is 1. The maximum atomic E-state index is 12.0. The average molecular weight is 277 g/mol. The maximum Gasteiger partial charge on any atom is 0.224 e. The van der Waals surface area contributed by atoms with Gasteiger partial charge in [0.15, 0.2) is 0 Å². The van der Waals surface area contributed by atoms with Crippen molar-refractivity contribution in [3.05, 3.63) is 30.1 Å². The molecule has 0 bridgehead atoms. The molecule has 0 spiro atoms. The first-order chi connectivity index (χ1) is 9.75. The van der Waals surface area contributed by atoms with E-state index in [9.17, 15) is 4.79 Å². The van der Waals surface area contributed by atoms with E-state index in [0.29, 0.717) is 25.7 Å². The van der Waals surface area contributed by atoms with Gasteiger partial charge in [-0.2, -0.15) is 0 Å². The highest BCUT2D eigenvalue weighted by Gasteiger charge is 2.15. The van der Waals surface area contributed by atoms with Crippen LogP contribution in [0, 0.1) is 0 Å². The monoisotopic (exact) mass is 277 g/mol. The van der Waals surface area contributed by atoms with Crippen LogP contribution in [-0.4, -0.2) is 48.6 Å². The summed E-state index contributed by atoms with van der Waals surface area (Å²) in [5.74, 6) is 0.101. The molecule has 0 saturated carbocycles. The topological polar surface area (TPSA) is 54.5 Å². The highest BCUT2D eigenvalue weighted by molar-refractivity contribution is 5.75. The Morgan fingerprint density at radius 2 is 2.25 bits per heavy atom. The second-order valence-electron chi connectivity index (χ2n) is 5.14. The molecule has 1 aromatic rings. The third-order valence-corrected chi connectivity index (χ3v) is 3.51. The lowest BCUT2D eigenvalue weighted by atomic mass is 10.1. The zero-order valence-corrected chi connectivity index (χ0v) is 12.0. The Hall–Kier alpha value is -1.46. The van der Waals surface area contributed by atoms with Crippen LogP contribution in [0.4, 0.5) is 0 Å². The van der Waals surface area contributed by atoms with Crippen molar-refractivity contribution in [1.82, 2.24) is 15.2 Å². The van der Waals surface area contributed by atoms with E-state index in [1.165, 1.54) is 0 Å². The van der Waals surface area contributed by atoms with Gasteiger partial charge in [-0.25, -0.2) is 0 Å². The molecular weight excluding hydrogens is 254 g/mol. The van der Waals surface area contributed by atoms with Crippen LogP contribution in [0.1, 0.15) is 25.0 Å². The number of rotatable bonds is 6. The molecule has 1 aromatic heterocycles. The lowest BCUT2D eigenvalue weighted by molar-refractivity contribution is -0.132. The molecule has 20 heavy (non-hydrogen) atoms. The molecule has 1 amide bonds. The number of hydrogen-bond acceptors (Lipinski definition) is 4. The predicted octanol–water partition coefficient (Wildman–Crippen LogP) is 1.20. The smallest absolute Gasteiger partial charge is 0.224 e. The van der Waals surface area contributed by atoms with E-state index < -0.39 is 0 Å². The minimum atomic E-state index is 0.101. The molecule has 0 radical (unpaired) electrons. The first-order valence-corrected chi connectivity index (χ1v) is 7.22. The molecule has 5 nitrogen and oxygen atoms in total. The molecule has 0 unspecified atom stereocenters. The molecule has 2 rings (SSSR count). The van der Waals surface area contributed by atoms with Crippen LogP contribution in [-0.2, 0) is 16.1 Å². The van der Waals surface area contributed by atoms with Crippen LogP contribution in [0.2, 0.25) is 0 Å². The Balaban J connectivity index is 1.66. The first kappa shape index (κ1) is 14.9. The van der Waals surface area contributed by atoms with Gasteiger partial charge < -0.3 is 15.0 Å². The summed E-state index contributed by atoms with van der Waals surface area (Å²) >= 11 is 0. The third-order valence-electron chi connectivity index (χ3n) is 3.51. The normalized spacial score (nSPS) is 16.1. The average Bonchev–Trinajstić information content (AvgIpc) is 2.49. The maximum absolute atomic E-state index is 12.0. The van der Waals surface area contributed by atoms with E-state index in [2.05, 4.69) is 10.3 Å². The zero-order valence-electron chi connectivity index (χ0n) is 12.0. The molecule has 0 aromatic carbocycles. The fourth-order valence-corrected chi connectivity index (χ4v) is 2.29. The molecule has 110 valence electrons. The molecule has 0 atom stereocenters. The fraction of sp³-hybridized carbons (Fsp3) is 0.600. The number of pyridine rings is 1. The van der Waals surface area contributed by atoms with Crippen LogP contribution < -0.4 is 5.32 Å². The van der Waals surface area contributed by atoms with E-state index in [4.69, 9.17) is 4.74 Å². The number of hydrogen-bond donors (Lipinski definition) is 1. The Morgan fingerprint density at radius 1 is 1.45 bits per heavy atom. The number of carbonyl (C=O) groups excluding carboxylic acids is 1. The van der Waals surface area contributed by atoms with Gasteiger partial charge in [-0.3, -0.25) is 9.78 Å². The standard InChI is InChI=1S/C15H23N3O2/c1-18(12-13-4-2-3-8-17-13)15(19)7-11-20-14-5-9-16-10-6-14/h2-4,8,14,16H,5-7,9-12H2,1H3. The van der Waals surface area contributed by atoms with Gasteiger partial charge in [0.2, 0.25) is 5.91 Å². The van der Waals surface area contributed by atoms with E-state index in [1.54, 1.807) is 11.1 Å². The van der Waals surface area contributed by atoms with Crippen molar-refractivity contribution in [1.29, 1.82) is 0 Å². The summed E-state index contributed by atoms with van der Waals surface area (Å²) in [6, 6.07) is 5.73. The summed E-state index contributed by atoms with van der Waals surface area (Å²) in [7, 11) is 1.81. The molecule has 1 aliphatic heterocycles. The van der Waals surface area contributed by atoms with Crippen LogP contribution in [0.3, 0.4) is 0 Å². The summed E-state index contributed by atoms with van der Waals surface area (Å²) in [4.78, 5) is 17.9. The highest BCUT2D eigenvalue weighted by atomic mass is 16.5. The van der Waals surface area contributed by atoms with Crippen LogP contribution >= 0.6 is 0 Å². The fourth-order valence-electron chi connectivity index (χ4n) is 2.29. The van der Waals surface area contributed by atoms with E-state index >= 15 is 0 Å². The van der Waals surface area contributed by atoms with Gasteiger partial charge >= 0.3 is 0 Å². The molecule has 1 fully saturated rings. The quantitative estimate of drug-likeness (QED) is 0.849. The van der Waals surface area contributed by atoms with Crippen molar-refractivity contribution in [2.45, 2.75) is 31.9 Å². The minimum absolute atomic E-state index is 0.101. The summed E-state index contributed by atoms with van der Waals surface area (Å²) in [6.45, 7) is 3.08. The van der Waals surface area contributed by atoms with Crippen molar-refractivity contribution in [3.63, 3.8) is 0 Å². The molecule has 0 aliphatic carbocycles. The Morgan fingerprint density at radius 3 is 2.95 bits per heavy atom. The summed E-state index contributed by atoms with van der Waals surface area (Å²) in [5, 5.41) is 3.30. The number of aromatic nitrogens is 1. The minimum Gasteiger partial charge on any atom is -0.378 e. The largest absolute Gasteiger partial charge is 0.378 e. The van der Waals surface area contributed by atoms with E-state index in [-0.39, 0.29) is 5.91 Å². The van der Waals surface area contributed by atoms with Crippen LogP contribution in [0.5, 0.6) is 0 Å². The molecule has 1 saturated heterocycles. The van der Waals surface area contributed by atoms with Gasteiger partial charge in [0.25, 0.3) is 0 Å². The van der Waals surface area contributed by atoms with E-state index in [0.717, 1.165) is 31.6 Å². The second kappa shape index (κ2) is 7.97. The van der Waals surface area contributed by atoms with Crippen molar-refractivity contribution < 1.29 is 9.53 Å². The molecule has 5 heteroatoms. The Kier molecular flexibility index (Phi) is 5.95. The van der Waals surface area contributed by atoms with Crippen molar-refractivity contribution >= 4 is 5.91 Å². The van der Waals surface area contributed by atoms with Crippen LogP contribution in [0.15, 0.2) is 24.4 Å². The van der Waals surface area contributed by atoms with Crippen molar-refractivity contribution in [2.75, 3.05) is 26.7 Å². The molecule has 1 N–H and O–H groups in total. The highest BCUT2D eigenvalue weighted by Crippen LogP contribution is 2.08. The lowest BCUT2D eigenvalue weighted by Gasteiger charge is -2.23. The van der Waals surface area contributed by atoms with E-state index in [1.807, 2.05) is 25.2 Å². The lowest BCUT2D eigenvalue weighted by Crippen LogP contribution is -2.33. The predicted molar refractivity (Wildman–Crippen MR) is 77.2 cm³/mol. The number of nitrogens with zero attached hydrogens (tertiary/aromatic N) is 2. The van der Waals surface area contributed by atoms with Gasteiger partial charge in [0, 0.05) is 13.2 Å². The first-order valence-electron chi connectivity index (χ1n) is 7.22. The zero-order chi connectivity index (χ0) is 14.2. The van der Waals surface area contributed by atoms with Crippen molar-refractivity contribution in [2.24, 2.45) is 0 Å². The van der Waals surface area contributed by atoms with Gasteiger partial charge in [-0.15, -0.1) is 0 Å². The number of amides is 1. The SMILES string of the molecule is CN(Cc1ccccn1)C(=O)CCOC1CCNCC1. The Bertz CT molecular complexity index is 405.